The van der Waals surface area contributed by atoms with Crippen LogP contribution in [0.3, 0.4) is 0 Å². The van der Waals surface area contributed by atoms with Crippen LogP contribution in [0.1, 0.15) is 55.9 Å². The summed E-state index contributed by atoms with van der Waals surface area (Å²) in [4.78, 5) is 4.18. The molecule has 0 amide bonds. The molecule has 3 rings (SSSR count). The molecule has 2 N–H and O–H groups in total. The van der Waals surface area contributed by atoms with Crippen LogP contribution < -0.4 is 10.6 Å². The predicted octanol–water partition coefficient (Wildman–Crippen LogP) is 3.76. The quantitative estimate of drug-likeness (QED) is 0.265. The summed E-state index contributed by atoms with van der Waals surface area (Å²) >= 11 is 0. The monoisotopic (exact) mass is 518 g/mol. The Morgan fingerprint density at radius 1 is 1.24 bits per heavy atom. The van der Waals surface area contributed by atoms with E-state index >= 15 is 0 Å². The zero-order valence-electron chi connectivity index (χ0n) is 16.9. The molecule has 0 spiro atoms. The second-order valence-corrected chi connectivity index (χ2v) is 7.13. The van der Waals surface area contributed by atoms with Crippen LogP contribution >= 0.6 is 24.0 Å². The molecular weight excluding hydrogens is 489 g/mol. The number of benzene rings is 1. The van der Waals surface area contributed by atoms with E-state index in [2.05, 4.69) is 30.4 Å². The Labute approximate surface area is 187 Å². The van der Waals surface area contributed by atoms with E-state index in [9.17, 15) is 8.78 Å². The molecule has 1 atom stereocenters. The highest BCUT2D eigenvalue weighted by Gasteiger charge is 2.15. The van der Waals surface area contributed by atoms with E-state index in [4.69, 9.17) is 0 Å². The van der Waals surface area contributed by atoms with Gasteiger partial charge < -0.3 is 15.2 Å². The van der Waals surface area contributed by atoms with Gasteiger partial charge in [-0.1, -0.05) is 12.5 Å². The van der Waals surface area contributed by atoms with Crippen LogP contribution in [0.25, 0.3) is 0 Å². The lowest BCUT2D eigenvalue weighted by atomic mass is 10.1. The van der Waals surface area contributed by atoms with Crippen molar-refractivity contribution in [2.24, 2.45) is 4.99 Å². The summed E-state index contributed by atoms with van der Waals surface area (Å²) in [6, 6.07) is 3.27. The molecule has 1 aromatic carbocycles. The van der Waals surface area contributed by atoms with Gasteiger partial charge in [-0.3, -0.25) is 4.99 Å². The molecule has 160 valence electrons. The standard InChI is InChI=1S/C20H28F2N6.HI/c1-14(16-10-9-15(21)13-17(16)22)25-20(23-2)24-11-6-8-19-27-26-18-7-4-3-5-12-28(18)19;/h9-10,13-14H,3-8,11-12H2,1-2H3,(H2,23,24,25);1H. The molecule has 0 saturated carbocycles. The molecule has 2 heterocycles. The van der Waals surface area contributed by atoms with E-state index < -0.39 is 11.6 Å². The summed E-state index contributed by atoms with van der Waals surface area (Å²) in [5.74, 6) is 1.58. The Kier molecular flexibility index (Phi) is 9.25. The Morgan fingerprint density at radius 3 is 2.83 bits per heavy atom. The summed E-state index contributed by atoms with van der Waals surface area (Å²) < 4.78 is 29.3. The highest BCUT2D eigenvalue weighted by atomic mass is 127. The van der Waals surface area contributed by atoms with Gasteiger partial charge in [-0.15, -0.1) is 34.2 Å². The van der Waals surface area contributed by atoms with Crippen molar-refractivity contribution >= 4 is 29.9 Å². The van der Waals surface area contributed by atoms with Crippen molar-refractivity contribution in [2.45, 2.75) is 58.0 Å². The largest absolute Gasteiger partial charge is 0.356 e. The summed E-state index contributed by atoms with van der Waals surface area (Å²) in [7, 11) is 1.67. The van der Waals surface area contributed by atoms with Crippen molar-refractivity contribution in [3.8, 4) is 0 Å². The fourth-order valence-corrected chi connectivity index (χ4v) is 3.51. The van der Waals surface area contributed by atoms with Gasteiger partial charge in [0, 0.05) is 44.6 Å². The van der Waals surface area contributed by atoms with Crippen molar-refractivity contribution in [2.75, 3.05) is 13.6 Å². The zero-order valence-corrected chi connectivity index (χ0v) is 19.2. The van der Waals surface area contributed by atoms with Crippen LogP contribution in [0, 0.1) is 11.6 Å². The van der Waals surface area contributed by atoms with E-state index in [1.165, 1.54) is 31.4 Å². The first-order valence-electron chi connectivity index (χ1n) is 9.91. The number of guanidine groups is 1. The minimum absolute atomic E-state index is 0. The molecule has 0 fully saturated rings. The van der Waals surface area contributed by atoms with Crippen molar-refractivity contribution in [3.05, 3.63) is 47.0 Å². The second kappa shape index (κ2) is 11.4. The van der Waals surface area contributed by atoms with Gasteiger partial charge in [0.1, 0.15) is 23.3 Å². The van der Waals surface area contributed by atoms with Crippen molar-refractivity contribution in [3.63, 3.8) is 0 Å². The molecule has 0 radical (unpaired) electrons. The number of rotatable bonds is 6. The second-order valence-electron chi connectivity index (χ2n) is 7.13. The number of halogens is 3. The molecule has 9 heteroatoms. The summed E-state index contributed by atoms with van der Waals surface area (Å²) in [6.07, 6.45) is 6.37. The number of aliphatic imine (C=N–C) groups is 1. The highest BCUT2D eigenvalue weighted by molar-refractivity contribution is 14.0. The van der Waals surface area contributed by atoms with E-state index in [-0.39, 0.29) is 30.0 Å². The van der Waals surface area contributed by atoms with Gasteiger partial charge >= 0.3 is 0 Å². The Morgan fingerprint density at radius 2 is 2.07 bits per heavy atom. The SMILES string of the molecule is CN=C(NCCCc1nnc2n1CCCCC2)NC(C)c1ccc(F)cc1F.I. The van der Waals surface area contributed by atoms with Gasteiger partial charge in [0.15, 0.2) is 5.96 Å². The van der Waals surface area contributed by atoms with E-state index in [0.717, 1.165) is 43.5 Å². The lowest BCUT2D eigenvalue weighted by Crippen LogP contribution is -2.39. The first-order chi connectivity index (χ1) is 13.6. The maximum atomic E-state index is 13.9. The molecule has 0 aliphatic carbocycles. The molecular formula is C20H29F2IN6. The average Bonchev–Trinajstić information content (AvgIpc) is 2.90. The number of fused-ring (bicyclic) bond motifs is 1. The van der Waals surface area contributed by atoms with Gasteiger partial charge in [0.05, 0.1) is 6.04 Å². The number of nitrogens with zero attached hydrogens (tertiary/aromatic N) is 4. The minimum Gasteiger partial charge on any atom is -0.356 e. The molecule has 2 aromatic rings. The van der Waals surface area contributed by atoms with Gasteiger partial charge in [0.25, 0.3) is 0 Å². The maximum Gasteiger partial charge on any atom is 0.191 e. The fraction of sp³-hybridized carbons (Fsp3) is 0.550. The van der Waals surface area contributed by atoms with Crippen LogP contribution in [0.4, 0.5) is 8.78 Å². The maximum absolute atomic E-state index is 13.9. The summed E-state index contributed by atoms with van der Waals surface area (Å²) in [5, 5.41) is 15.1. The third kappa shape index (κ3) is 6.35. The first-order valence-corrected chi connectivity index (χ1v) is 9.91. The molecule has 6 nitrogen and oxygen atoms in total. The van der Waals surface area contributed by atoms with Crippen LogP contribution in [-0.2, 0) is 19.4 Å². The fourth-order valence-electron chi connectivity index (χ4n) is 3.51. The Balaban J connectivity index is 0.00000300. The number of nitrogens with one attached hydrogen (secondary N) is 2. The Bertz CT molecular complexity index is 823. The molecule has 1 unspecified atom stereocenters. The van der Waals surface area contributed by atoms with Crippen LogP contribution in [-0.4, -0.2) is 34.3 Å². The highest BCUT2D eigenvalue weighted by Crippen LogP contribution is 2.18. The number of aryl methyl sites for hydroxylation is 2. The molecule has 29 heavy (non-hydrogen) atoms. The topological polar surface area (TPSA) is 67.1 Å². The summed E-state index contributed by atoms with van der Waals surface area (Å²) in [5.41, 5.74) is 0.399. The normalized spacial score (nSPS) is 15.1. The molecule has 0 saturated heterocycles. The van der Waals surface area contributed by atoms with E-state index in [1.807, 2.05) is 6.92 Å². The third-order valence-electron chi connectivity index (χ3n) is 5.06. The average molecular weight is 518 g/mol. The lowest BCUT2D eigenvalue weighted by molar-refractivity contribution is 0.550. The molecule has 1 aliphatic heterocycles. The minimum atomic E-state index is -0.581. The third-order valence-corrected chi connectivity index (χ3v) is 5.06. The van der Waals surface area contributed by atoms with Gasteiger partial charge in [-0.2, -0.15) is 0 Å². The van der Waals surface area contributed by atoms with Gasteiger partial charge in [0.2, 0.25) is 0 Å². The predicted molar refractivity (Wildman–Crippen MR) is 121 cm³/mol. The van der Waals surface area contributed by atoms with E-state index in [1.54, 1.807) is 7.05 Å². The molecule has 0 bridgehead atoms. The van der Waals surface area contributed by atoms with Crippen LogP contribution in [0.5, 0.6) is 0 Å². The molecule has 1 aliphatic rings. The van der Waals surface area contributed by atoms with Gasteiger partial charge in [-0.05, 0) is 32.3 Å². The summed E-state index contributed by atoms with van der Waals surface area (Å²) in [6.45, 7) is 3.53. The van der Waals surface area contributed by atoms with Crippen LogP contribution in [0.15, 0.2) is 23.2 Å². The Hall–Kier alpha value is -1.78. The van der Waals surface area contributed by atoms with E-state index in [0.29, 0.717) is 18.1 Å². The zero-order chi connectivity index (χ0) is 19.9. The first kappa shape index (κ1) is 23.5. The molecule has 1 aromatic heterocycles. The number of hydrogen-bond donors (Lipinski definition) is 2. The van der Waals surface area contributed by atoms with Gasteiger partial charge in [-0.25, -0.2) is 8.78 Å². The lowest BCUT2D eigenvalue weighted by Gasteiger charge is -2.19. The smallest absolute Gasteiger partial charge is 0.191 e. The van der Waals surface area contributed by atoms with Crippen molar-refractivity contribution in [1.82, 2.24) is 25.4 Å². The van der Waals surface area contributed by atoms with Crippen molar-refractivity contribution in [1.29, 1.82) is 0 Å². The van der Waals surface area contributed by atoms with Crippen molar-refractivity contribution < 1.29 is 8.78 Å². The van der Waals surface area contributed by atoms with Crippen LogP contribution in [0.2, 0.25) is 0 Å². The number of aromatic nitrogens is 3. The number of hydrogen-bond acceptors (Lipinski definition) is 3.